The van der Waals surface area contributed by atoms with Crippen molar-refractivity contribution in [1.82, 2.24) is 10.1 Å². The molecule has 0 bridgehead atoms. The summed E-state index contributed by atoms with van der Waals surface area (Å²) in [5.74, 6) is 1.29. The minimum atomic E-state index is 0.280. The van der Waals surface area contributed by atoms with Crippen LogP contribution in [0, 0.1) is 5.92 Å². The van der Waals surface area contributed by atoms with Gasteiger partial charge in [-0.1, -0.05) is 5.16 Å². The van der Waals surface area contributed by atoms with Gasteiger partial charge in [0.2, 0.25) is 5.91 Å². The monoisotopic (exact) mass is 221 g/mol. The number of aromatic nitrogens is 1. The van der Waals surface area contributed by atoms with Gasteiger partial charge in [0.1, 0.15) is 0 Å². The predicted octanol–water partition coefficient (Wildman–Crippen LogP) is 0.428. The summed E-state index contributed by atoms with van der Waals surface area (Å²) in [6.45, 7) is 1.74. The summed E-state index contributed by atoms with van der Waals surface area (Å²) in [4.78, 5) is 13.8. The lowest BCUT2D eigenvalue weighted by Crippen LogP contribution is -2.37. The molecule has 0 unspecified atom stereocenters. The van der Waals surface area contributed by atoms with Gasteiger partial charge < -0.3 is 15.2 Å². The predicted molar refractivity (Wildman–Crippen MR) is 56.2 cm³/mol. The Morgan fingerprint density at radius 2 is 2.38 bits per heavy atom. The Morgan fingerprint density at radius 3 is 3.06 bits per heavy atom. The molecule has 1 aliphatic carbocycles. The quantitative estimate of drug-likeness (QED) is 0.786. The minimum Gasteiger partial charge on any atom is -0.359 e. The highest BCUT2D eigenvalue weighted by molar-refractivity contribution is 5.81. The molecule has 5 heteroatoms. The number of fused-ring (bicyclic) bond motifs is 1. The Labute approximate surface area is 93.6 Å². The average Bonchev–Trinajstić information content (AvgIpc) is 3.08. The van der Waals surface area contributed by atoms with E-state index in [1.807, 2.05) is 4.90 Å². The number of carbonyl (C=O) groups is 1. The molecular formula is C11H15N3O2. The highest BCUT2D eigenvalue weighted by Gasteiger charge is 2.35. The third-order valence-electron chi connectivity index (χ3n) is 3.34. The third kappa shape index (κ3) is 1.51. The number of rotatable bonds is 2. The summed E-state index contributed by atoms with van der Waals surface area (Å²) in [6, 6.07) is 0. The topological polar surface area (TPSA) is 72.4 Å². The van der Waals surface area contributed by atoms with Crippen molar-refractivity contribution < 1.29 is 9.32 Å². The van der Waals surface area contributed by atoms with Gasteiger partial charge in [-0.3, -0.25) is 4.79 Å². The molecule has 1 amide bonds. The number of amides is 1. The molecule has 3 rings (SSSR count). The highest BCUT2D eigenvalue weighted by atomic mass is 16.5. The Hall–Kier alpha value is -1.36. The Balaban J connectivity index is 1.81. The molecule has 1 saturated carbocycles. The molecule has 1 aliphatic heterocycles. The average molecular weight is 221 g/mol. The van der Waals surface area contributed by atoms with Gasteiger partial charge in [0, 0.05) is 24.4 Å². The Morgan fingerprint density at radius 1 is 1.56 bits per heavy atom. The van der Waals surface area contributed by atoms with E-state index in [2.05, 4.69) is 5.16 Å². The first-order valence-electron chi connectivity index (χ1n) is 5.74. The summed E-state index contributed by atoms with van der Waals surface area (Å²) in [7, 11) is 0. The van der Waals surface area contributed by atoms with Crippen LogP contribution in [0.1, 0.15) is 29.9 Å². The SMILES string of the molecule is NCc1onc2c1CN(C(=O)C1CC1)CC2. The van der Waals surface area contributed by atoms with E-state index < -0.39 is 0 Å². The molecule has 0 atom stereocenters. The van der Waals surface area contributed by atoms with Crippen LogP contribution in [-0.4, -0.2) is 22.5 Å². The molecule has 0 spiro atoms. The van der Waals surface area contributed by atoms with E-state index in [0.29, 0.717) is 13.1 Å². The zero-order chi connectivity index (χ0) is 11.1. The molecule has 86 valence electrons. The van der Waals surface area contributed by atoms with Crippen LogP contribution in [-0.2, 0) is 24.3 Å². The van der Waals surface area contributed by atoms with Gasteiger partial charge in [0.25, 0.3) is 0 Å². The van der Waals surface area contributed by atoms with E-state index in [1.165, 1.54) is 0 Å². The first-order valence-corrected chi connectivity index (χ1v) is 5.74. The van der Waals surface area contributed by atoms with Gasteiger partial charge in [-0.15, -0.1) is 0 Å². The third-order valence-corrected chi connectivity index (χ3v) is 3.34. The maximum Gasteiger partial charge on any atom is 0.225 e. The maximum atomic E-state index is 11.9. The van der Waals surface area contributed by atoms with Crippen LogP contribution in [0.5, 0.6) is 0 Å². The lowest BCUT2D eigenvalue weighted by molar-refractivity contribution is -0.133. The smallest absolute Gasteiger partial charge is 0.225 e. The van der Waals surface area contributed by atoms with Gasteiger partial charge in [0.05, 0.1) is 18.8 Å². The van der Waals surface area contributed by atoms with Crippen LogP contribution in [0.15, 0.2) is 4.52 Å². The lowest BCUT2D eigenvalue weighted by Gasteiger charge is -2.26. The highest BCUT2D eigenvalue weighted by Crippen LogP contribution is 2.33. The molecule has 2 aliphatic rings. The molecule has 0 aromatic carbocycles. The molecule has 1 aromatic heterocycles. The van der Waals surface area contributed by atoms with Gasteiger partial charge in [0.15, 0.2) is 5.76 Å². The second-order valence-corrected chi connectivity index (χ2v) is 4.52. The summed E-state index contributed by atoms with van der Waals surface area (Å²) in [6.07, 6.45) is 2.89. The van der Waals surface area contributed by atoms with E-state index >= 15 is 0 Å². The molecule has 1 aromatic rings. The summed E-state index contributed by atoms with van der Waals surface area (Å²) in [5, 5.41) is 3.99. The molecule has 0 saturated heterocycles. The second kappa shape index (κ2) is 3.59. The van der Waals surface area contributed by atoms with Crippen LogP contribution in [0.4, 0.5) is 0 Å². The summed E-state index contributed by atoms with van der Waals surface area (Å²) in [5.41, 5.74) is 7.58. The van der Waals surface area contributed by atoms with Crippen molar-refractivity contribution in [3.05, 3.63) is 17.0 Å². The fourth-order valence-corrected chi connectivity index (χ4v) is 2.21. The van der Waals surface area contributed by atoms with Gasteiger partial charge in [-0.2, -0.15) is 0 Å². The van der Waals surface area contributed by atoms with E-state index in [1.54, 1.807) is 0 Å². The Kier molecular flexibility index (Phi) is 2.21. The molecular weight excluding hydrogens is 206 g/mol. The number of nitrogens with zero attached hydrogens (tertiary/aromatic N) is 2. The molecule has 1 fully saturated rings. The number of carbonyl (C=O) groups excluding carboxylic acids is 1. The zero-order valence-electron chi connectivity index (χ0n) is 9.11. The fourth-order valence-electron chi connectivity index (χ4n) is 2.21. The number of hydrogen-bond acceptors (Lipinski definition) is 4. The van der Waals surface area contributed by atoms with Crippen LogP contribution in [0.3, 0.4) is 0 Å². The molecule has 2 heterocycles. The van der Waals surface area contributed by atoms with Crippen molar-refractivity contribution >= 4 is 5.91 Å². The number of hydrogen-bond donors (Lipinski definition) is 1. The maximum absolute atomic E-state index is 11.9. The van der Waals surface area contributed by atoms with E-state index in [4.69, 9.17) is 10.3 Å². The second-order valence-electron chi connectivity index (χ2n) is 4.52. The molecule has 5 nitrogen and oxygen atoms in total. The van der Waals surface area contributed by atoms with Crippen molar-refractivity contribution in [2.24, 2.45) is 11.7 Å². The van der Waals surface area contributed by atoms with Crippen LogP contribution < -0.4 is 5.73 Å². The molecule has 0 radical (unpaired) electrons. The lowest BCUT2D eigenvalue weighted by atomic mass is 10.1. The minimum absolute atomic E-state index is 0.280. The van der Waals surface area contributed by atoms with Crippen molar-refractivity contribution in [3.63, 3.8) is 0 Å². The van der Waals surface area contributed by atoms with Crippen LogP contribution in [0.2, 0.25) is 0 Å². The number of nitrogens with two attached hydrogens (primary N) is 1. The van der Waals surface area contributed by atoms with Crippen molar-refractivity contribution in [2.75, 3.05) is 6.54 Å². The zero-order valence-corrected chi connectivity index (χ0v) is 9.11. The summed E-state index contributed by atoms with van der Waals surface area (Å²) >= 11 is 0. The van der Waals surface area contributed by atoms with Crippen molar-refractivity contribution in [2.45, 2.75) is 32.4 Å². The van der Waals surface area contributed by atoms with Gasteiger partial charge >= 0.3 is 0 Å². The van der Waals surface area contributed by atoms with Crippen LogP contribution >= 0.6 is 0 Å². The standard InChI is InChI=1S/C11H15N3O2/c12-5-10-8-6-14(11(15)7-1-2-7)4-3-9(8)13-16-10/h7H,1-6,12H2. The van der Waals surface area contributed by atoms with Crippen molar-refractivity contribution in [3.8, 4) is 0 Å². The molecule has 2 N–H and O–H groups in total. The first-order chi connectivity index (χ1) is 7.79. The normalized spacial score (nSPS) is 19.7. The van der Waals surface area contributed by atoms with E-state index in [-0.39, 0.29) is 11.8 Å². The van der Waals surface area contributed by atoms with Crippen LogP contribution in [0.25, 0.3) is 0 Å². The molecule has 16 heavy (non-hydrogen) atoms. The summed E-state index contributed by atoms with van der Waals surface area (Å²) < 4.78 is 5.16. The largest absolute Gasteiger partial charge is 0.359 e. The first kappa shape index (κ1) is 9.84. The Bertz CT molecular complexity index is 409. The van der Waals surface area contributed by atoms with Crippen molar-refractivity contribution in [1.29, 1.82) is 0 Å². The van der Waals surface area contributed by atoms with Gasteiger partial charge in [-0.25, -0.2) is 0 Å². The van der Waals surface area contributed by atoms with E-state index in [0.717, 1.165) is 42.8 Å². The fraction of sp³-hybridized carbons (Fsp3) is 0.636. The van der Waals surface area contributed by atoms with E-state index in [9.17, 15) is 4.79 Å². The van der Waals surface area contributed by atoms with Gasteiger partial charge in [-0.05, 0) is 12.8 Å².